The number of nitrogens with zero attached hydrogens (tertiary/aromatic N) is 3. The van der Waals surface area contributed by atoms with Crippen LogP contribution in [0.5, 0.6) is 0 Å². The Morgan fingerprint density at radius 2 is 1.88 bits per heavy atom. The molecule has 1 saturated heterocycles. The maximum Gasteiger partial charge on any atom is 0.226 e. The zero-order chi connectivity index (χ0) is 29.2. The van der Waals surface area contributed by atoms with Crippen LogP contribution < -0.4 is 5.32 Å². The fourth-order valence-electron chi connectivity index (χ4n) is 7.55. The van der Waals surface area contributed by atoms with Crippen LogP contribution in [0, 0.1) is 23.7 Å². The third kappa shape index (κ3) is 6.56. The van der Waals surface area contributed by atoms with Crippen LogP contribution in [-0.2, 0) is 9.59 Å². The lowest BCUT2D eigenvalue weighted by molar-refractivity contribution is -0.170. The van der Waals surface area contributed by atoms with E-state index in [1.807, 2.05) is 26.1 Å². The van der Waals surface area contributed by atoms with Gasteiger partial charge in [0.25, 0.3) is 0 Å². The minimum Gasteiger partial charge on any atom is -0.346 e. The molecular weight excluding hydrogens is 510 g/mol. The summed E-state index contributed by atoms with van der Waals surface area (Å²) >= 11 is 0. The second-order valence-electron chi connectivity index (χ2n) is 13.5. The number of hydrogen-bond donors (Lipinski definition) is 2. The highest BCUT2D eigenvalue weighted by Gasteiger charge is 2.62. The number of nitrogens with one attached hydrogen (secondary N) is 2. The van der Waals surface area contributed by atoms with Crippen molar-refractivity contribution in [2.75, 3.05) is 20.1 Å². The monoisotopic (exact) mass is 557 g/mol. The van der Waals surface area contributed by atoms with Gasteiger partial charge in [-0.15, -0.1) is 0 Å². The van der Waals surface area contributed by atoms with Gasteiger partial charge in [-0.05, 0) is 75.6 Å². The second kappa shape index (κ2) is 12.0. The van der Waals surface area contributed by atoms with Crippen molar-refractivity contribution in [1.82, 2.24) is 25.2 Å². The first-order valence-electron chi connectivity index (χ1n) is 15.5. The highest BCUT2D eigenvalue weighted by molar-refractivity contribution is 5.85. The maximum absolute atomic E-state index is 14.0. The Labute approximate surface area is 244 Å². The van der Waals surface area contributed by atoms with E-state index in [1.54, 1.807) is 0 Å². The summed E-state index contributed by atoms with van der Waals surface area (Å²) in [6.07, 6.45) is 9.60. The van der Waals surface area contributed by atoms with E-state index in [-0.39, 0.29) is 17.4 Å². The number of amides is 1. The molecule has 0 bridgehead atoms. The van der Waals surface area contributed by atoms with E-state index in [0.29, 0.717) is 30.0 Å². The van der Waals surface area contributed by atoms with Crippen molar-refractivity contribution in [3.8, 4) is 11.3 Å². The molecule has 1 aromatic carbocycles. The zero-order valence-corrected chi connectivity index (χ0v) is 25.6. The van der Waals surface area contributed by atoms with E-state index in [9.17, 15) is 9.59 Å². The van der Waals surface area contributed by atoms with Crippen molar-refractivity contribution in [3.63, 3.8) is 0 Å². The predicted molar refractivity (Wildman–Crippen MR) is 164 cm³/mol. The van der Waals surface area contributed by atoms with Gasteiger partial charge in [0.1, 0.15) is 11.6 Å². The molecule has 1 saturated carbocycles. The number of aromatic nitrogens is 3. The Morgan fingerprint density at radius 3 is 2.59 bits per heavy atom. The number of rotatable bonds is 13. The van der Waals surface area contributed by atoms with E-state index in [0.717, 1.165) is 91.7 Å². The second-order valence-corrected chi connectivity index (χ2v) is 13.5. The number of Topliss-reactive ketones (excluding diaryl/α,β-unsaturated/α-hetero) is 1. The number of benzene rings is 1. The number of aromatic amines is 1. The molecule has 5 rings (SSSR count). The van der Waals surface area contributed by atoms with Gasteiger partial charge < -0.3 is 15.2 Å². The third-order valence-corrected chi connectivity index (χ3v) is 9.13. The number of aryl methyl sites for hydroxylation is 1. The first kappa shape index (κ1) is 29.4. The van der Waals surface area contributed by atoms with Crippen molar-refractivity contribution in [3.05, 3.63) is 48.0 Å². The number of fused-ring (bicyclic) bond motifs is 1. The van der Waals surface area contributed by atoms with Crippen molar-refractivity contribution >= 4 is 22.6 Å². The number of carbonyl (C=O) groups is 2. The molecule has 2 fully saturated rings. The Morgan fingerprint density at radius 1 is 1.10 bits per heavy atom. The van der Waals surface area contributed by atoms with Gasteiger partial charge in [-0.3, -0.25) is 14.6 Å². The van der Waals surface area contributed by atoms with Gasteiger partial charge in [0.15, 0.2) is 0 Å². The molecule has 3 aromatic rings. The Bertz CT molecular complexity index is 1380. The number of ketones is 1. The number of unbranched alkanes of at least 4 members (excludes halogenated alkanes) is 2. The van der Waals surface area contributed by atoms with Gasteiger partial charge in [-0.25, -0.2) is 4.98 Å². The van der Waals surface area contributed by atoms with E-state index >= 15 is 0 Å². The van der Waals surface area contributed by atoms with Crippen molar-refractivity contribution < 1.29 is 9.59 Å². The van der Waals surface area contributed by atoms with Crippen LogP contribution in [-0.4, -0.2) is 51.7 Å². The summed E-state index contributed by atoms with van der Waals surface area (Å²) in [4.78, 5) is 41.1. The molecule has 3 heterocycles. The Hall–Kier alpha value is -3.06. The number of H-pyrrole nitrogens is 1. The molecule has 2 N–H and O–H groups in total. The van der Waals surface area contributed by atoms with Gasteiger partial charge in [0.2, 0.25) is 5.91 Å². The molecule has 1 aliphatic heterocycles. The summed E-state index contributed by atoms with van der Waals surface area (Å²) in [7, 11) is 2.17. The van der Waals surface area contributed by atoms with Gasteiger partial charge >= 0.3 is 0 Å². The van der Waals surface area contributed by atoms with Gasteiger partial charge in [-0.1, -0.05) is 45.7 Å². The molecule has 1 aliphatic carbocycles. The lowest BCUT2D eigenvalue weighted by atomic mass is 9.47. The van der Waals surface area contributed by atoms with Crippen LogP contribution >= 0.6 is 0 Å². The molecule has 2 aromatic heterocycles. The molecule has 7 nitrogen and oxygen atoms in total. The quantitative estimate of drug-likeness (QED) is 0.226. The maximum atomic E-state index is 14.0. The first-order chi connectivity index (χ1) is 19.6. The summed E-state index contributed by atoms with van der Waals surface area (Å²) in [6, 6.07) is 10.2. The number of carbonyl (C=O) groups excluding carboxylic acids is 2. The summed E-state index contributed by atoms with van der Waals surface area (Å²) in [6.45, 7) is 10.6. The number of pyridine rings is 1. The average Bonchev–Trinajstić information content (AvgIpc) is 3.39. The zero-order valence-electron chi connectivity index (χ0n) is 25.6. The van der Waals surface area contributed by atoms with E-state index in [4.69, 9.17) is 4.98 Å². The largest absolute Gasteiger partial charge is 0.346 e. The summed E-state index contributed by atoms with van der Waals surface area (Å²) in [5.41, 5.74) is 4.00. The van der Waals surface area contributed by atoms with Crippen molar-refractivity contribution in [1.29, 1.82) is 0 Å². The number of likely N-dealkylation sites (tertiary alicyclic amines) is 1. The summed E-state index contributed by atoms with van der Waals surface area (Å²) in [5, 5.41) is 4.56. The normalized spacial score (nSPS) is 18.3. The van der Waals surface area contributed by atoms with Crippen LogP contribution in [0.3, 0.4) is 0 Å². The van der Waals surface area contributed by atoms with E-state index in [2.05, 4.69) is 65.3 Å². The van der Waals surface area contributed by atoms with E-state index < -0.39 is 0 Å². The van der Waals surface area contributed by atoms with Crippen molar-refractivity contribution in [2.24, 2.45) is 16.7 Å². The fraction of sp³-hybridized carbons (Fsp3) is 0.588. The topological polar surface area (TPSA) is 91.0 Å². The van der Waals surface area contributed by atoms with Crippen LogP contribution in [0.4, 0.5) is 0 Å². The first-order valence-corrected chi connectivity index (χ1v) is 15.5. The van der Waals surface area contributed by atoms with Crippen LogP contribution in [0.25, 0.3) is 22.2 Å². The van der Waals surface area contributed by atoms with E-state index in [1.165, 1.54) is 0 Å². The summed E-state index contributed by atoms with van der Waals surface area (Å²) < 4.78 is 0. The van der Waals surface area contributed by atoms with Crippen LogP contribution in [0.1, 0.15) is 96.1 Å². The van der Waals surface area contributed by atoms with Gasteiger partial charge in [0.05, 0.1) is 28.9 Å². The Balaban J connectivity index is 1.33. The lowest BCUT2D eigenvalue weighted by Crippen LogP contribution is -2.67. The SMILES string of the molecule is CCC(=O)CCCCC[C@H](NC(=O)C1(CC(C)C)CC2(CN(C)C2)C1)c1ncc(-c2ccc3nc(C)ccc3c2)[nH]1. The molecule has 0 radical (unpaired) electrons. The molecule has 7 heteroatoms. The molecule has 41 heavy (non-hydrogen) atoms. The lowest BCUT2D eigenvalue weighted by Gasteiger charge is -2.63. The van der Waals surface area contributed by atoms with Crippen LogP contribution in [0.2, 0.25) is 0 Å². The molecule has 2 aliphatic rings. The predicted octanol–water partition coefficient (Wildman–Crippen LogP) is 6.78. The highest BCUT2D eigenvalue weighted by atomic mass is 16.2. The molecule has 1 spiro atoms. The standard InChI is InChI=1S/C34H47N5O2/c1-6-27(40)10-8-7-9-11-29(38-32(41)34(17-23(2)3)19-33(20-34)21-39(5)22-33)31-35-18-30(37-31)26-14-15-28-25(16-26)13-12-24(4)36-28/h12-16,18,23,29H,6-11,17,19-22H2,1-5H3,(H,35,37)(H,38,41)/t29-/m0/s1. The highest BCUT2D eigenvalue weighted by Crippen LogP contribution is 2.61. The minimum atomic E-state index is -0.292. The molecule has 1 amide bonds. The van der Waals surface area contributed by atoms with Gasteiger partial charge in [-0.2, -0.15) is 0 Å². The molecule has 1 atom stereocenters. The molecule has 0 unspecified atom stereocenters. The van der Waals surface area contributed by atoms with Crippen molar-refractivity contribution in [2.45, 2.75) is 91.5 Å². The van der Waals surface area contributed by atoms with Gasteiger partial charge in [0, 0.05) is 42.6 Å². The molecule has 220 valence electrons. The fourth-order valence-corrected chi connectivity index (χ4v) is 7.55. The average molecular weight is 558 g/mol. The number of imidazole rings is 1. The summed E-state index contributed by atoms with van der Waals surface area (Å²) in [5.74, 6) is 1.77. The smallest absolute Gasteiger partial charge is 0.226 e. The van der Waals surface area contributed by atoms with Crippen LogP contribution in [0.15, 0.2) is 36.5 Å². The minimum absolute atomic E-state index is 0.183. The molecular formula is C34H47N5O2. The Kier molecular flexibility index (Phi) is 8.65. The number of hydrogen-bond acceptors (Lipinski definition) is 5. The third-order valence-electron chi connectivity index (χ3n) is 9.13.